The van der Waals surface area contributed by atoms with Crippen molar-refractivity contribution in [3.05, 3.63) is 54.4 Å². The van der Waals surface area contributed by atoms with Crippen molar-refractivity contribution < 1.29 is 8.91 Å². The zero-order valence-electron chi connectivity index (χ0n) is 13.5. The van der Waals surface area contributed by atoms with E-state index in [0.29, 0.717) is 18.1 Å². The normalized spacial score (nSPS) is 15.5. The van der Waals surface area contributed by atoms with Crippen LogP contribution in [0.15, 0.2) is 47.3 Å². The van der Waals surface area contributed by atoms with Gasteiger partial charge in [-0.05, 0) is 24.3 Å². The van der Waals surface area contributed by atoms with Crippen LogP contribution in [0.5, 0.6) is 0 Å². The largest absolute Gasteiger partial charge is 0.353 e. The van der Waals surface area contributed by atoms with Crippen LogP contribution in [-0.4, -0.2) is 51.4 Å². The van der Waals surface area contributed by atoms with E-state index in [1.807, 2.05) is 18.2 Å². The predicted octanol–water partition coefficient (Wildman–Crippen LogP) is 1.99. The van der Waals surface area contributed by atoms with E-state index in [1.54, 1.807) is 6.07 Å². The summed E-state index contributed by atoms with van der Waals surface area (Å²) in [5.74, 6) is 1.26. The van der Waals surface area contributed by atoms with Gasteiger partial charge in [0.05, 0.1) is 12.2 Å². The Hall–Kier alpha value is -2.87. The van der Waals surface area contributed by atoms with Crippen molar-refractivity contribution in [2.45, 2.75) is 6.54 Å². The minimum atomic E-state index is -0.277. The summed E-state index contributed by atoms with van der Waals surface area (Å²) in [6.45, 7) is 4.18. The molecule has 1 aromatic carbocycles. The van der Waals surface area contributed by atoms with Gasteiger partial charge in [-0.3, -0.25) is 4.90 Å². The lowest BCUT2D eigenvalue weighted by atomic mass is 10.1. The molecule has 0 bridgehead atoms. The van der Waals surface area contributed by atoms with E-state index in [0.717, 1.165) is 37.6 Å². The third-order valence-corrected chi connectivity index (χ3v) is 4.24. The lowest BCUT2D eigenvalue weighted by Crippen LogP contribution is -2.46. The van der Waals surface area contributed by atoms with Gasteiger partial charge in [-0.15, -0.1) is 10.2 Å². The summed E-state index contributed by atoms with van der Waals surface area (Å²) in [5.41, 5.74) is 1.39. The van der Waals surface area contributed by atoms with E-state index in [-0.39, 0.29) is 5.82 Å². The Morgan fingerprint density at radius 3 is 2.60 bits per heavy atom. The highest BCUT2D eigenvalue weighted by Gasteiger charge is 2.19. The third kappa shape index (κ3) is 3.63. The summed E-state index contributed by atoms with van der Waals surface area (Å²) in [5, 5.41) is 12.4. The van der Waals surface area contributed by atoms with Crippen molar-refractivity contribution in [2.75, 3.05) is 31.1 Å². The molecular formula is C17H17FN6O. The maximum Gasteiger partial charge on any atom is 0.213 e. The van der Waals surface area contributed by atoms with E-state index in [2.05, 4.69) is 30.1 Å². The van der Waals surface area contributed by atoms with Crippen LogP contribution in [0.1, 0.15) is 5.82 Å². The van der Waals surface area contributed by atoms with E-state index in [4.69, 9.17) is 4.52 Å². The van der Waals surface area contributed by atoms with Gasteiger partial charge in [-0.2, -0.15) is 4.98 Å². The zero-order chi connectivity index (χ0) is 17.1. The van der Waals surface area contributed by atoms with Gasteiger partial charge in [0.15, 0.2) is 11.6 Å². The summed E-state index contributed by atoms with van der Waals surface area (Å²) in [6.07, 6.45) is 1.35. The smallest absolute Gasteiger partial charge is 0.213 e. The first-order chi connectivity index (χ1) is 12.3. The van der Waals surface area contributed by atoms with Gasteiger partial charge in [0, 0.05) is 31.7 Å². The van der Waals surface area contributed by atoms with Crippen LogP contribution in [0.3, 0.4) is 0 Å². The third-order valence-electron chi connectivity index (χ3n) is 4.24. The number of rotatable bonds is 4. The molecule has 0 N–H and O–H groups in total. The zero-order valence-corrected chi connectivity index (χ0v) is 13.5. The second-order valence-corrected chi connectivity index (χ2v) is 5.90. The molecule has 1 saturated heterocycles. The molecule has 25 heavy (non-hydrogen) atoms. The molecule has 1 aliphatic rings. The highest BCUT2D eigenvalue weighted by molar-refractivity contribution is 5.59. The quantitative estimate of drug-likeness (QED) is 0.719. The number of benzene rings is 1. The first-order valence-electron chi connectivity index (χ1n) is 8.10. The highest BCUT2D eigenvalue weighted by atomic mass is 19.1. The fourth-order valence-electron chi connectivity index (χ4n) is 2.89. The molecule has 8 heteroatoms. The minimum Gasteiger partial charge on any atom is -0.353 e. The van der Waals surface area contributed by atoms with Crippen molar-refractivity contribution in [2.24, 2.45) is 0 Å². The van der Waals surface area contributed by atoms with Crippen LogP contribution < -0.4 is 4.90 Å². The van der Waals surface area contributed by atoms with Gasteiger partial charge in [0.25, 0.3) is 0 Å². The molecule has 0 radical (unpaired) electrons. The Kier molecular flexibility index (Phi) is 4.34. The first-order valence-corrected chi connectivity index (χ1v) is 8.10. The molecule has 1 fully saturated rings. The van der Waals surface area contributed by atoms with Crippen molar-refractivity contribution in [1.82, 2.24) is 25.2 Å². The summed E-state index contributed by atoms with van der Waals surface area (Å²) >= 11 is 0. The number of piperazine rings is 1. The molecule has 0 spiro atoms. The van der Waals surface area contributed by atoms with Crippen molar-refractivity contribution >= 4 is 5.82 Å². The molecule has 3 aromatic rings. The van der Waals surface area contributed by atoms with E-state index >= 15 is 0 Å². The van der Waals surface area contributed by atoms with Crippen molar-refractivity contribution in [3.8, 4) is 11.3 Å². The molecule has 0 saturated carbocycles. The Morgan fingerprint density at radius 1 is 1.04 bits per heavy atom. The number of hydrogen-bond donors (Lipinski definition) is 0. The van der Waals surface area contributed by atoms with Crippen LogP contribution in [0.4, 0.5) is 10.2 Å². The summed E-state index contributed by atoms with van der Waals surface area (Å²) in [7, 11) is 0. The summed E-state index contributed by atoms with van der Waals surface area (Å²) in [4.78, 5) is 8.51. The van der Waals surface area contributed by atoms with Gasteiger partial charge < -0.3 is 9.42 Å². The van der Waals surface area contributed by atoms with E-state index in [9.17, 15) is 4.39 Å². The van der Waals surface area contributed by atoms with Crippen LogP contribution in [-0.2, 0) is 6.54 Å². The Bertz CT molecular complexity index is 815. The fourth-order valence-corrected chi connectivity index (χ4v) is 2.89. The molecule has 2 aromatic heterocycles. The number of anilines is 1. The second kappa shape index (κ2) is 6.94. The summed E-state index contributed by atoms with van der Waals surface area (Å²) in [6, 6.07) is 10.2. The molecule has 4 rings (SSSR count). The maximum atomic E-state index is 13.3. The lowest BCUT2D eigenvalue weighted by Gasteiger charge is -2.34. The Balaban J connectivity index is 1.38. The summed E-state index contributed by atoms with van der Waals surface area (Å²) < 4.78 is 18.1. The molecule has 3 heterocycles. The topological polar surface area (TPSA) is 71.2 Å². The van der Waals surface area contributed by atoms with Gasteiger partial charge in [-0.1, -0.05) is 17.3 Å². The Morgan fingerprint density at radius 2 is 1.92 bits per heavy atom. The molecule has 0 unspecified atom stereocenters. The SMILES string of the molecule is Fc1cccc(-c2ccc(N3CCN(Cc4ncon4)CC3)nn2)c1. The number of halogens is 1. The van der Waals surface area contributed by atoms with E-state index < -0.39 is 0 Å². The number of aromatic nitrogens is 4. The molecule has 0 amide bonds. The minimum absolute atomic E-state index is 0.277. The molecular weight excluding hydrogens is 323 g/mol. The maximum absolute atomic E-state index is 13.3. The van der Waals surface area contributed by atoms with Crippen LogP contribution >= 0.6 is 0 Å². The molecule has 1 aliphatic heterocycles. The fraction of sp³-hybridized carbons (Fsp3) is 0.294. The molecule has 0 atom stereocenters. The number of hydrogen-bond acceptors (Lipinski definition) is 7. The lowest BCUT2D eigenvalue weighted by molar-refractivity contribution is 0.239. The average Bonchev–Trinajstić information content (AvgIpc) is 3.16. The molecule has 128 valence electrons. The van der Waals surface area contributed by atoms with Gasteiger partial charge >= 0.3 is 0 Å². The van der Waals surface area contributed by atoms with Gasteiger partial charge in [0.1, 0.15) is 5.82 Å². The van der Waals surface area contributed by atoms with Crippen molar-refractivity contribution in [1.29, 1.82) is 0 Å². The predicted molar refractivity (Wildman–Crippen MR) is 89.2 cm³/mol. The van der Waals surface area contributed by atoms with Crippen molar-refractivity contribution in [3.63, 3.8) is 0 Å². The second-order valence-electron chi connectivity index (χ2n) is 5.90. The van der Waals surface area contributed by atoms with Crippen LogP contribution in [0.2, 0.25) is 0 Å². The highest BCUT2D eigenvalue weighted by Crippen LogP contribution is 2.20. The molecule has 0 aliphatic carbocycles. The van der Waals surface area contributed by atoms with E-state index in [1.165, 1.54) is 18.5 Å². The molecule has 7 nitrogen and oxygen atoms in total. The van der Waals surface area contributed by atoms with Crippen LogP contribution in [0, 0.1) is 5.82 Å². The monoisotopic (exact) mass is 340 g/mol. The van der Waals surface area contributed by atoms with Gasteiger partial charge in [0.2, 0.25) is 6.39 Å². The Labute approximate surface area is 144 Å². The average molecular weight is 340 g/mol. The van der Waals surface area contributed by atoms with Gasteiger partial charge in [-0.25, -0.2) is 4.39 Å². The van der Waals surface area contributed by atoms with Crippen LogP contribution in [0.25, 0.3) is 11.3 Å². The first kappa shape index (κ1) is 15.6. The standard InChI is InChI=1S/C17H17FN6O/c18-14-3-1-2-13(10-14)15-4-5-17(21-20-15)24-8-6-23(7-9-24)11-16-19-12-25-22-16/h1-5,10,12H,6-9,11H2. The number of nitrogens with zero attached hydrogens (tertiary/aromatic N) is 6.